The number of carbonyl (C=O) groups excluding carboxylic acids is 1. The summed E-state index contributed by atoms with van der Waals surface area (Å²) in [6, 6.07) is -0.173. The first-order chi connectivity index (χ1) is 9.44. The number of rotatable bonds is 1. The lowest BCUT2D eigenvalue weighted by Crippen LogP contribution is -2.54. The van der Waals surface area contributed by atoms with Gasteiger partial charge in [-0.25, -0.2) is 9.98 Å². The Kier molecular flexibility index (Phi) is 4.16. The average Bonchev–Trinajstić information content (AvgIpc) is 2.42. The van der Waals surface area contributed by atoms with Crippen molar-refractivity contribution in [2.75, 3.05) is 14.2 Å². The summed E-state index contributed by atoms with van der Waals surface area (Å²) in [6.45, 7) is 6.20. The molecule has 0 N–H and O–H groups in total. The summed E-state index contributed by atoms with van der Waals surface area (Å²) in [5, 5.41) is 0. The largest absolute Gasteiger partial charge is 0.483 e. The molecule has 0 saturated heterocycles. The fraction of sp³-hybridized carbons (Fsp3) is 0.800. The molecule has 1 saturated carbocycles. The summed E-state index contributed by atoms with van der Waals surface area (Å²) < 4.78 is 10.8. The van der Waals surface area contributed by atoms with Crippen molar-refractivity contribution in [3.8, 4) is 0 Å². The Bertz CT molecular complexity index is 456. The van der Waals surface area contributed by atoms with Crippen LogP contribution < -0.4 is 0 Å². The number of hydrogen-bond acceptors (Lipinski definition) is 5. The standard InChI is InChI=1S/C15H24N2O3/c1-9(2)12-13(19-4)17-15(14(16-12)20-5)7-6-10(3)8-11(15)18/h9-10,12H,6-8H2,1-5H3/t10-,12-,15-/m0/s1. The fourth-order valence-corrected chi connectivity index (χ4v) is 2.94. The molecule has 2 aliphatic rings. The van der Waals surface area contributed by atoms with Gasteiger partial charge in [-0.2, -0.15) is 0 Å². The molecule has 0 aromatic heterocycles. The third-order valence-corrected chi connectivity index (χ3v) is 4.19. The van der Waals surface area contributed by atoms with Crippen LogP contribution in [0, 0.1) is 11.8 Å². The van der Waals surface area contributed by atoms with Gasteiger partial charge < -0.3 is 9.47 Å². The predicted molar refractivity (Wildman–Crippen MR) is 78.3 cm³/mol. The van der Waals surface area contributed by atoms with Crippen molar-refractivity contribution < 1.29 is 14.3 Å². The second-order valence-corrected chi connectivity index (χ2v) is 6.11. The van der Waals surface area contributed by atoms with Crippen LogP contribution >= 0.6 is 0 Å². The maximum absolute atomic E-state index is 12.6. The Morgan fingerprint density at radius 3 is 2.50 bits per heavy atom. The summed E-state index contributed by atoms with van der Waals surface area (Å²) in [4.78, 5) is 21.8. The van der Waals surface area contributed by atoms with Crippen LogP contribution in [0.4, 0.5) is 0 Å². The monoisotopic (exact) mass is 280 g/mol. The minimum absolute atomic E-state index is 0.0913. The number of hydrogen-bond donors (Lipinski definition) is 0. The summed E-state index contributed by atoms with van der Waals surface area (Å²) in [6.07, 6.45) is 2.12. The molecule has 5 nitrogen and oxygen atoms in total. The molecular weight excluding hydrogens is 256 g/mol. The number of Topliss-reactive ketones (excluding diaryl/α,β-unsaturated/α-hetero) is 1. The van der Waals surface area contributed by atoms with Crippen LogP contribution in [0.5, 0.6) is 0 Å². The van der Waals surface area contributed by atoms with Crippen LogP contribution in [0.25, 0.3) is 0 Å². The Balaban J connectivity index is 2.44. The zero-order valence-corrected chi connectivity index (χ0v) is 13.0. The first kappa shape index (κ1) is 15.0. The normalized spacial score (nSPS) is 34.0. The van der Waals surface area contributed by atoms with Gasteiger partial charge in [0, 0.05) is 6.42 Å². The molecule has 20 heavy (non-hydrogen) atoms. The van der Waals surface area contributed by atoms with Crippen molar-refractivity contribution in [3.63, 3.8) is 0 Å². The second kappa shape index (κ2) is 5.54. The molecular formula is C15H24N2O3. The first-order valence-electron chi connectivity index (χ1n) is 7.24. The molecule has 1 spiro atoms. The molecule has 0 aromatic rings. The molecule has 5 heteroatoms. The van der Waals surface area contributed by atoms with Crippen LogP contribution in [0.1, 0.15) is 40.0 Å². The van der Waals surface area contributed by atoms with E-state index < -0.39 is 5.54 Å². The van der Waals surface area contributed by atoms with E-state index in [1.54, 1.807) is 14.2 Å². The van der Waals surface area contributed by atoms with Gasteiger partial charge >= 0.3 is 0 Å². The lowest BCUT2D eigenvalue weighted by Gasteiger charge is -2.38. The SMILES string of the molecule is COC1=N[C@]2(CC[C@H](C)CC2=O)C(OC)=N[C@H]1C(C)C. The van der Waals surface area contributed by atoms with Crippen molar-refractivity contribution in [3.05, 3.63) is 0 Å². The van der Waals surface area contributed by atoms with Gasteiger partial charge in [0.2, 0.25) is 11.8 Å². The summed E-state index contributed by atoms with van der Waals surface area (Å²) in [5.74, 6) is 1.73. The third-order valence-electron chi connectivity index (χ3n) is 4.19. The Hall–Kier alpha value is -1.39. The van der Waals surface area contributed by atoms with Crippen molar-refractivity contribution in [1.82, 2.24) is 0 Å². The van der Waals surface area contributed by atoms with Crippen LogP contribution in [-0.4, -0.2) is 43.4 Å². The molecule has 2 rings (SSSR count). The zero-order chi connectivity index (χ0) is 14.9. The highest BCUT2D eigenvalue weighted by Gasteiger charge is 2.51. The Labute approximate surface area is 120 Å². The molecule has 1 heterocycles. The number of carbonyl (C=O) groups is 1. The number of aliphatic imine (C=N–C) groups is 2. The van der Waals surface area contributed by atoms with Crippen LogP contribution in [-0.2, 0) is 14.3 Å². The number of ketones is 1. The molecule has 0 unspecified atom stereocenters. The summed E-state index contributed by atoms with van der Waals surface area (Å²) in [5.41, 5.74) is -0.946. The Morgan fingerprint density at radius 2 is 2.00 bits per heavy atom. The molecule has 112 valence electrons. The van der Waals surface area contributed by atoms with Crippen molar-refractivity contribution in [2.24, 2.45) is 21.8 Å². The Morgan fingerprint density at radius 1 is 1.30 bits per heavy atom. The van der Waals surface area contributed by atoms with Crippen molar-refractivity contribution in [2.45, 2.75) is 51.6 Å². The van der Waals surface area contributed by atoms with Crippen molar-refractivity contribution >= 4 is 17.6 Å². The molecule has 3 atom stereocenters. The highest BCUT2D eigenvalue weighted by molar-refractivity contribution is 6.14. The molecule has 1 aliphatic carbocycles. The highest BCUT2D eigenvalue weighted by atomic mass is 16.5. The molecule has 1 aliphatic heterocycles. The molecule has 0 bridgehead atoms. The van der Waals surface area contributed by atoms with Gasteiger partial charge in [0.05, 0.1) is 14.2 Å². The van der Waals surface area contributed by atoms with E-state index >= 15 is 0 Å². The van der Waals surface area contributed by atoms with Gasteiger partial charge in [0.1, 0.15) is 6.04 Å². The summed E-state index contributed by atoms with van der Waals surface area (Å²) in [7, 11) is 3.15. The zero-order valence-electron chi connectivity index (χ0n) is 13.0. The van der Waals surface area contributed by atoms with Gasteiger partial charge in [-0.15, -0.1) is 0 Å². The van der Waals surface area contributed by atoms with E-state index in [0.29, 0.717) is 30.6 Å². The number of nitrogens with zero attached hydrogens (tertiary/aromatic N) is 2. The number of ether oxygens (including phenoxy) is 2. The summed E-state index contributed by atoms with van der Waals surface area (Å²) >= 11 is 0. The lowest BCUT2D eigenvalue weighted by molar-refractivity contribution is -0.125. The van der Waals surface area contributed by atoms with E-state index in [-0.39, 0.29) is 17.7 Å². The van der Waals surface area contributed by atoms with Crippen LogP contribution in [0.15, 0.2) is 9.98 Å². The maximum Gasteiger partial charge on any atom is 0.220 e. The van der Waals surface area contributed by atoms with Crippen LogP contribution in [0.2, 0.25) is 0 Å². The number of methoxy groups -OCH3 is 2. The smallest absolute Gasteiger partial charge is 0.220 e. The van der Waals surface area contributed by atoms with Gasteiger partial charge in [0.25, 0.3) is 0 Å². The van der Waals surface area contributed by atoms with E-state index in [2.05, 4.69) is 30.8 Å². The van der Waals surface area contributed by atoms with Gasteiger partial charge in [-0.05, 0) is 24.7 Å². The molecule has 0 aromatic carbocycles. The van der Waals surface area contributed by atoms with Crippen molar-refractivity contribution in [1.29, 1.82) is 0 Å². The van der Waals surface area contributed by atoms with Gasteiger partial charge in [-0.1, -0.05) is 20.8 Å². The van der Waals surface area contributed by atoms with E-state index in [4.69, 9.17) is 9.47 Å². The van der Waals surface area contributed by atoms with Crippen LogP contribution in [0.3, 0.4) is 0 Å². The minimum atomic E-state index is -0.946. The second-order valence-electron chi connectivity index (χ2n) is 6.11. The predicted octanol–water partition coefficient (Wildman–Crippen LogP) is 2.24. The van der Waals surface area contributed by atoms with Gasteiger partial charge in [0.15, 0.2) is 11.3 Å². The first-order valence-corrected chi connectivity index (χ1v) is 7.24. The maximum atomic E-state index is 12.6. The third kappa shape index (κ3) is 2.34. The van der Waals surface area contributed by atoms with E-state index in [9.17, 15) is 4.79 Å². The van der Waals surface area contributed by atoms with E-state index in [0.717, 1.165) is 6.42 Å². The molecule has 0 amide bonds. The van der Waals surface area contributed by atoms with Gasteiger partial charge in [-0.3, -0.25) is 4.79 Å². The topological polar surface area (TPSA) is 60.2 Å². The quantitative estimate of drug-likeness (QED) is 0.740. The average molecular weight is 280 g/mol. The van der Waals surface area contributed by atoms with E-state index in [1.165, 1.54) is 0 Å². The fourth-order valence-electron chi connectivity index (χ4n) is 2.94. The van der Waals surface area contributed by atoms with E-state index in [1.807, 2.05) is 0 Å². The highest BCUT2D eigenvalue weighted by Crippen LogP contribution is 2.37. The lowest BCUT2D eigenvalue weighted by atomic mass is 9.75. The molecule has 1 fully saturated rings. The minimum Gasteiger partial charge on any atom is -0.483 e. The molecule has 0 radical (unpaired) electrons.